The molecule has 0 radical (unpaired) electrons. The SMILES string of the molecule is Cc1cc(/C=C2\SC(=Nc3ccccc3)N([C@@H]3CCCC[C@@H]3C)C2=O)c(C)n1-c1cccc([N+](=O)[O-])c1. The highest BCUT2D eigenvalue weighted by atomic mass is 32.2. The van der Waals surface area contributed by atoms with Gasteiger partial charge in [0, 0.05) is 29.6 Å². The molecule has 1 saturated heterocycles. The standard InChI is InChI=1S/C29H30N4O3S/c1-19-10-7-8-15-26(19)32-28(34)27(37-29(32)30-23-11-5-4-6-12-23)17-22-16-20(2)31(21(22)3)24-13-9-14-25(18-24)33(35)36/h4-6,9,11-14,16-19,26H,7-8,10,15H2,1-3H3/b27-17-,30-29?/t19-,26+/m0/s1. The number of nitro groups is 1. The Hall–Kier alpha value is -3.65. The summed E-state index contributed by atoms with van der Waals surface area (Å²) in [6.45, 7) is 6.17. The fraction of sp³-hybridized carbons (Fsp3) is 0.310. The molecule has 1 saturated carbocycles. The van der Waals surface area contributed by atoms with Gasteiger partial charge in [-0.05, 0) is 80.3 Å². The number of aryl methyl sites for hydroxylation is 1. The van der Waals surface area contributed by atoms with Crippen LogP contribution in [0.4, 0.5) is 11.4 Å². The number of hydrogen-bond acceptors (Lipinski definition) is 5. The van der Waals surface area contributed by atoms with E-state index in [9.17, 15) is 14.9 Å². The fourth-order valence-corrected chi connectivity index (χ4v) is 6.40. The molecule has 2 fully saturated rings. The van der Waals surface area contributed by atoms with Gasteiger partial charge in [-0.15, -0.1) is 0 Å². The van der Waals surface area contributed by atoms with Crippen LogP contribution in [0.1, 0.15) is 49.6 Å². The molecule has 3 aromatic rings. The van der Waals surface area contributed by atoms with E-state index in [-0.39, 0.29) is 22.6 Å². The average molecular weight is 515 g/mol. The summed E-state index contributed by atoms with van der Waals surface area (Å²) in [5, 5.41) is 12.0. The Morgan fingerprint density at radius 2 is 1.81 bits per heavy atom. The number of nitro benzene ring substituents is 1. The number of amides is 1. The molecule has 7 nitrogen and oxygen atoms in total. The first-order chi connectivity index (χ1) is 17.8. The van der Waals surface area contributed by atoms with E-state index in [1.165, 1.54) is 24.2 Å². The smallest absolute Gasteiger partial charge is 0.271 e. The molecule has 2 heterocycles. The van der Waals surface area contributed by atoms with Crippen LogP contribution >= 0.6 is 11.8 Å². The highest BCUT2D eigenvalue weighted by molar-refractivity contribution is 8.18. The first-order valence-electron chi connectivity index (χ1n) is 12.6. The maximum Gasteiger partial charge on any atom is 0.271 e. The average Bonchev–Trinajstić information content (AvgIpc) is 3.34. The quantitative estimate of drug-likeness (QED) is 0.205. The van der Waals surface area contributed by atoms with Gasteiger partial charge in [0.1, 0.15) is 0 Å². The van der Waals surface area contributed by atoms with Crippen molar-refractivity contribution in [1.29, 1.82) is 0 Å². The second kappa shape index (κ2) is 10.4. The van der Waals surface area contributed by atoms with Gasteiger partial charge in [-0.2, -0.15) is 0 Å². The van der Waals surface area contributed by atoms with Crippen molar-refractivity contribution in [3.8, 4) is 5.69 Å². The van der Waals surface area contributed by atoms with Gasteiger partial charge in [0.15, 0.2) is 5.17 Å². The lowest BCUT2D eigenvalue weighted by Crippen LogP contribution is -2.44. The highest BCUT2D eigenvalue weighted by Gasteiger charge is 2.41. The van der Waals surface area contributed by atoms with Crippen molar-refractivity contribution < 1.29 is 9.72 Å². The second-order valence-electron chi connectivity index (χ2n) is 9.78. The minimum atomic E-state index is -0.386. The molecule has 5 rings (SSSR count). The first-order valence-corrected chi connectivity index (χ1v) is 13.5. The van der Waals surface area contributed by atoms with E-state index in [1.54, 1.807) is 12.1 Å². The predicted octanol–water partition coefficient (Wildman–Crippen LogP) is 7.19. The molecule has 1 aromatic heterocycles. The molecule has 8 heteroatoms. The number of amidine groups is 1. The van der Waals surface area contributed by atoms with Gasteiger partial charge < -0.3 is 4.57 Å². The van der Waals surface area contributed by atoms with Crippen molar-refractivity contribution in [2.75, 3.05) is 0 Å². The minimum absolute atomic E-state index is 0.00131. The third kappa shape index (κ3) is 4.98. The fourth-order valence-electron chi connectivity index (χ4n) is 5.37. The Morgan fingerprint density at radius 1 is 1.05 bits per heavy atom. The Balaban J connectivity index is 1.54. The zero-order chi connectivity index (χ0) is 26.1. The van der Waals surface area contributed by atoms with Crippen molar-refractivity contribution in [3.05, 3.63) is 92.6 Å². The molecule has 0 N–H and O–H groups in total. The van der Waals surface area contributed by atoms with Crippen molar-refractivity contribution >= 4 is 40.3 Å². The van der Waals surface area contributed by atoms with Crippen LogP contribution in [0.2, 0.25) is 0 Å². The van der Waals surface area contributed by atoms with Crippen molar-refractivity contribution in [3.63, 3.8) is 0 Å². The Morgan fingerprint density at radius 3 is 2.54 bits per heavy atom. The van der Waals surface area contributed by atoms with Crippen molar-refractivity contribution in [1.82, 2.24) is 9.47 Å². The molecule has 2 aliphatic rings. The van der Waals surface area contributed by atoms with E-state index in [1.807, 2.05) is 71.9 Å². The number of aliphatic imine (C=N–C) groups is 1. The minimum Gasteiger partial charge on any atom is -0.318 e. The molecular formula is C29H30N4O3S. The summed E-state index contributed by atoms with van der Waals surface area (Å²) >= 11 is 1.43. The molecule has 2 aromatic carbocycles. The van der Waals surface area contributed by atoms with Crippen molar-refractivity contribution in [2.45, 2.75) is 52.5 Å². The number of aromatic nitrogens is 1. The van der Waals surface area contributed by atoms with Crippen LogP contribution in [0.25, 0.3) is 11.8 Å². The van der Waals surface area contributed by atoms with Crippen LogP contribution in [0.5, 0.6) is 0 Å². The number of nitrogens with zero attached hydrogens (tertiary/aromatic N) is 4. The topological polar surface area (TPSA) is 80.7 Å². The summed E-state index contributed by atoms with van der Waals surface area (Å²) in [6.07, 6.45) is 6.35. The van der Waals surface area contributed by atoms with Gasteiger partial charge in [0.05, 0.1) is 21.2 Å². The molecule has 0 spiro atoms. The Bertz CT molecular complexity index is 1410. The Labute approximate surface area is 221 Å². The zero-order valence-electron chi connectivity index (χ0n) is 21.3. The molecular weight excluding hydrogens is 484 g/mol. The Kier molecular flexibility index (Phi) is 7.02. The summed E-state index contributed by atoms with van der Waals surface area (Å²) < 4.78 is 1.99. The largest absolute Gasteiger partial charge is 0.318 e. The maximum atomic E-state index is 13.8. The molecule has 0 unspecified atom stereocenters. The molecule has 1 aliphatic carbocycles. The molecule has 0 bridgehead atoms. The number of carbonyl (C=O) groups excluding carboxylic acids is 1. The van der Waals surface area contributed by atoms with E-state index in [0.29, 0.717) is 10.8 Å². The number of para-hydroxylation sites is 1. The highest BCUT2D eigenvalue weighted by Crippen LogP contribution is 2.40. The molecule has 190 valence electrons. The van der Waals surface area contributed by atoms with Crippen LogP contribution in [0.3, 0.4) is 0 Å². The van der Waals surface area contributed by atoms with E-state index < -0.39 is 0 Å². The van der Waals surface area contributed by atoms with E-state index in [0.717, 1.165) is 52.8 Å². The van der Waals surface area contributed by atoms with Gasteiger partial charge in [-0.25, -0.2) is 4.99 Å². The van der Waals surface area contributed by atoms with Crippen LogP contribution < -0.4 is 0 Å². The summed E-state index contributed by atoms with van der Waals surface area (Å²) in [5.41, 5.74) is 4.38. The number of non-ortho nitro benzene ring substituents is 1. The lowest BCUT2D eigenvalue weighted by molar-refractivity contribution is -0.384. The third-order valence-electron chi connectivity index (χ3n) is 7.27. The van der Waals surface area contributed by atoms with Crippen LogP contribution in [0.15, 0.2) is 70.6 Å². The zero-order valence-corrected chi connectivity index (χ0v) is 22.1. The molecule has 2 atom stereocenters. The first kappa shape index (κ1) is 25.0. The number of thioether (sulfide) groups is 1. The van der Waals surface area contributed by atoms with E-state index in [2.05, 4.69) is 6.92 Å². The second-order valence-corrected chi connectivity index (χ2v) is 10.8. The molecule has 1 amide bonds. The van der Waals surface area contributed by atoms with Crippen LogP contribution in [-0.2, 0) is 4.79 Å². The lowest BCUT2D eigenvalue weighted by atomic mass is 9.85. The van der Waals surface area contributed by atoms with Gasteiger partial charge in [-0.1, -0.05) is 44.0 Å². The van der Waals surface area contributed by atoms with Gasteiger partial charge >= 0.3 is 0 Å². The number of benzene rings is 2. The summed E-state index contributed by atoms with van der Waals surface area (Å²) in [5.74, 6) is 0.413. The summed E-state index contributed by atoms with van der Waals surface area (Å²) in [4.78, 5) is 32.2. The maximum absolute atomic E-state index is 13.8. The summed E-state index contributed by atoms with van der Waals surface area (Å²) in [7, 11) is 0. The number of hydrogen-bond donors (Lipinski definition) is 0. The van der Waals surface area contributed by atoms with Crippen LogP contribution in [-0.4, -0.2) is 31.5 Å². The van der Waals surface area contributed by atoms with E-state index >= 15 is 0 Å². The van der Waals surface area contributed by atoms with Crippen molar-refractivity contribution in [2.24, 2.45) is 10.9 Å². The monoisotopic (exact) mass is 514 g/mol. The molecule has 37 heavy (non-hydrogen) atoms. The number of rotatable bonds is 5. The summed E-state index contributed by atoms with van der Waals surface area (Å²) in [6, 6.07) is 18.5. The van der Waals surface area contributed by atoms with Gasteiger partial charge in [0.2, 0.25) is 0 Å². The van der Waals surface area contributed by atoms with Gasteiger partial charge in [0.25, 0.3) is 11.6 Å². The predicted molar refractivity (Wildman–Crippen MR) is 149 cm³/mol. The molecule has 1 aliphatic heterocycles. The third-order valence-corrected chi connectivity index (χ3v) is 8.25. The van der Waals surface area contributed by atoms with E-state index in [4.69, 9.17) is 4.99 Å². The lowest BCUT2D eigenvalue weighted by Gasteiger charge is -2.35. The van der Waals surface area contributed by atoms with Crippen LogP contribution in [0, 0.1) is 29.9 Å². The number of carbonyl (C=O) groups is 1. The normalized spacial score (nSPS) is 22.2. The van der Waals surface area contributed by atoms with Gasteiger partial charge in [-0.3, -0.25) is 19.8 Å².